The minimum Gasteiger partial charge on any atom is -0.466 e. The van der Waals surface area contributed by atoms with E-state index in [1.165, 1.54) is 31.2 Å². The predicted octanol–water partition coefficient (Wildman–Crippen LogP) is 4.52. The molecule has 1 aromatic rings. The molecule has 1 aliphatic carbocycles. The third kappa shape index (κ3) is 3.17. The summed E-state index contributed by atoms with van der Waals surface area (Å²) >= 11 is 0. The van der Waals surface area contributed by atoms with Crippen LogP contribution in [-0.2, 0) is 0 Å². The maximum Gasteiger partial charge on any atom is 0.105 e. The molecule has 0 amide bonds. The molecule has 18 heavy (non-hydrogen) atoms. The van der Waals surface area contributed by atoms with Crippen molar-refractivity contribution in [1.29, 1.82) is 0 Å². The second-order valence-corrected chi connectivity index (χ2v) is 6.70. The zero-order valence-electron chi connectivity index (χ0n) is 12.5. The molecule has 1 saturated carbocycles. The molecule has 102 valence electrons. The first-order valence-electron chi connectivity index (χ1n) is 7.20. The third-order valence-corrected chi connectivity index (χ3v) is 4.37. The van der Waals surface area contributed by atoms with Gasteiger partial charge in [-0.1, -0.05) is 13.8 Å². The van der Waals surface area contributed by atoms with Crippen LogP contribution in [0.5, 0.6) is 0 Å². The van der Waals surface area contributed by atoms with Gasteiger partial charge in [0.2, 0.25) is 0 Å². The van der Waals surface area contributed by atoms with Gasteiger partial charge in [-0.05, 0) is 57.9 Å². The number of hydrogen-bond acceptors (Lipinski definition) is 2. The lowest BCUT2D eigenvalue weighted by molar-refractivity contribution is 0.199. The lowest BCUT2D eigenvalue weighted by Crippen LogP contribution is -2.37. The van der Waals surface area contributed by atoms with E-state index in [0.717, 1.165) is 11.5 Å². The maximum absolute atomic E-state index is 5.62. The number of aryl methyl sites for hydroxylation is 2. The topological polar surface area (TPSA) is 25.2 Å². The number of nitrogens with one attached hydrogen (secondary N) is 1. The van der Waals surface area contributed by atoms with Gasteiger partial charge in [-0.25, -0.2) is 0 Å². The highest BCUT2D eigenvalue weighted by Crippen LogP contribution is 2.36. The molecule has 2 heteroatoms. The Kier molecular flexibility index (Phi) is 3.86. The van der Waals surface area contributed by atoms with E-state index in [0.29, 0.717) is 17.5 Å². The third-order valence-electron chi connectivity index (χ3n) is 4.37. The Morgan fingerprint density at radius 1 is 1.28 bits per heavy atom. The molecule has 0 aromatic carbocycles. The minimum atomic E-state index is 0.397. The highest BCUT2D eigenvalue weighted by molar-refractivity contribution is 5.23. The van der Waals surface area contributed by atoms with Gasteiger partial charge >= 0.3 is 0 Å². The fraction of sp³-hybridized carbons (Fsp3) is 0.750. The standard InChI is InChI=1S/C16H27NO/c1-11-10-15(13(3)18-11)12(2)17-14-6-8-16(4,5)9-7-14/h10,12,14,17H,6-9H2,1-5H3. The largest absolute Gasteiger partial charge is 0.466 e. The van der Waals surface area contributed by atoms with Gasteiger partial charge in [0.05, 0.1) is 0 Å². The molecule has 1 aliphatic rings. The van der Waals surface area contributed by atoms with Crippen LogP contribution >= 0.6 is 0 Å². The average molecular weight is 249 g/mol. The maximum atomic E-state index is 5.62. The van der Waals surface area contributed by atoms with Gasteiger partial charge in [0, 0.05) is 17.6 Å². The van der Waals surface area contributed by atoms with Crippen LogP contribution < -0.4 is 5.32 Å². The fourth-order valence-corrected chi connectivity index (χ4v) is 3.09. The molecule has 1 N–H and O–H groups in total. The molecule has 1 aromatic heterocycles. The predicted molar refractivity (Wildman–Crippen MR) is 75.8 cm³/mol. The minimum absolute atomic E-state index is 0.397. The van der Waals surface area contributed by atoms with E-state index < -0.39 is 0 Å². The lowest BCUT2D eigenvalue weighted by Gasteiger charge is -2.36. The van der Waals surface area contributed by atoms with Crippen LogP contribution in [0.1, 0.15) is 69.6 Å². The van der Waals surface area contributed by atoms with Gasteiger partial charge in [0.15, 0.2) is 0 Å². The van der Waals surface area contributed by atoms with E-state index in [2.05, 4.69) is 39.1 Å². The molecule has 1 unspecified atom stereocenters. The van der Waals surface area contributed by atoms with Gasteiger partial charge in [-0.2, -0.15) is 0 Å². The van der Waals surface area contributed by atoms with E-state index in [1.807, 2.05) is 6.92 Å². The van der Waals surface area contributed by atoms with Gasteiger partial charge in [0.25, 0.3) is 0 Å². The molecular weight excluding hydrogens is 222 g/mol. The van der Waals surface area contributed by atoms with Crippen molar-refractivity contribution in [3.63, 3.8) is 0 Å². The highest BCUT2D eigenvalue weighted by Gasteiger charge is 2.27. The van der Waals surface area contributed by atoms with Crippen molar-refractivity contribution in [2.24, 2.45) is 5.41 Å². The van der Waals surface area contributed by atoms with Crippen LogP contribution in [0.2, 0.25) is 0 Å². The van der Waals surface area contributed by atoms with Gasteiger partial charge in [-0.15, -0.1) is 0 Å². The monoisotopic (exact) mass is 249 g/mol. The van der Waals surface area contributed by atoms with E-state index in [1.54, 1.807) is 0 Å². The summed E-state index contributed by atoms with van der Waals surface area (Å²) in [7, 11) is 0. The summed E-state index contributed by atoms with van der Waals surface area (Å²) in [4.78, 5) is 0. The first kappa shape index (κ1) is 13.7. The van der Waals surface area contributed by atoms with Gasteiger partial charge in [0.1, 0.15) is 11.5 Å². The van der Waals surface area contributed by atoms with Gasteiger partial charge < -0.3 is 9.73 Å². The lowest BCUT2D eigenvalue weighted by atomic mass is 9.75. The Morgan fingerprint density at radius 3 is 2.39 bits per heavy atom. The second kappa shape index (κ2) is 5.08. The molecule has 2 rings (SSSR count). The first-order chi connectivity index (χ1) is 8.37. The second-order valence-electron chi connectivity index (χ2n) is 6.70. The van der Waals surface area contributed by atoms with Crippen molar-refractivity contribution in [3.8, 4) is 0 Å². The van der Waals surface area contributed by atoms with Crippen LogP contribution in [-0.4, -0.2) is 6.04 Å². The fourth-order valence-electron chi connectivity index (χ4n) is 3.09. The Balaban J connectivity index is 1.92. The molecule has 0 bridgehead atoms. The molecule has 1 heterocycles. The van der Waals surface area contributed by atoms with E-state index in [4.69, 9.17) is 4.42 Å². The van der Waals surface area contributed by atoms with E-state index in [9.17, 15) is 0 Å². The van der Waals surface area contributed by atoms with Crippen molar-refractivity contribution in [2.75, 3.05) is 0 Å². The zero-order valence-corrected chi connectivity index (χ0v) is 12.5. The van der Waals surface area contributed by atoms with Crippen molar-refractivity contribution < 1.29 is 4.42 Å². The quantitative estimate of drug-likeness (QED) is 0.852. The molecule has 2 nitrogen and oxygen atoms in total. The molecule has 1 atom stereocenters. The molecule has 1 fully saturated rings. The Morgan fingerprint density at radius 2 is 1.89 bits per heavy atom. The molecule has 0 saturated heterocycles. The summed E-state index contributed by atoms with van der Waals surface area (Å²) in [5, 5.41) is 3.77. The van der Waals surface area contributed by atoms with Crippen molar-refractivity contribution in [1.82, 2.24) is 5.32 Å². The van der Waals surface area contributed by atoms with Crippen LogP contribution in [0.15, 0.2) is 10.5 Å². The summed E-state index contributed by atoms with van der Waals surface area (Å²) < 4.78 is 5.62. The van der Waals surface area contributed by atoms with Crippen molar-refractivity contribution in [2.45, 2.75) is 72.4 Å². The van der Waals surface area contributed by atoms with E-state index in [-0.39, 0.29) is 0 Å². The van der Waals surface area contributed by atoms with Crippen LogP contribution in [0.25, 0.3) is 0 Å². The Hall–Kier alpha value is -0.760. The number of furan rings is 1. The summed E-state index contributed by atoms with van der Waals surface area (Å²) in [5.74, 6) is 2.07. The average Bonchev–Trinajstić information content (AvgIpc) is 2.61. The van der Waals surface area contributed by atoms with Crippen molar-refractivity contribution in [3.05, 3.63) is 23.2 Å². The first-order valence-corrected chi connectivity index (χ1v) is 7.20. The number of hydrogen-bond donors (Lipinski definition) is 1. The summed E-state index contributed by atoms with van der Waals surface area (Å²) in [6.07, 6.45) is 5.27. The zero-order chi connectivity index (χ0) is 13.3. The normalized spacial score (nSPS) is 22.1. The molecule has 0 spiro atoms. The Labute approximate surface area is 111 Å². The van der Waals surface area contributed by atoms with Crippen molar-refractivity contribution >= 4 is 0 Å². The smallest absolute Gasteiger partial charge is 0.105 e. The Bertz CT molecular complexity index is 395. The summed E-state index contributed by atoms with van der Waals surface area (Å²) in [6.45, 7) is 11.1. The molecule has 0 aliphatic heterocycles. The highest BCUT2D eigenvalue weighted by atomic mass is 16.3. The van der Waals surface area contributed by atoms with Crippen LogP contribution in [0.4, 0.5) is 0 Å². The van der Waals surface area contributed by atoms with Crippen LogP contribution in [0, 0.1) is 19.3 Å². The van der Waals surface area contributed by atoms with Gasteiger partial charge in [-0.3, -0.25) is 0 Å². The summed E-state index contributed by atoms with van der Waals surface area (Å²) in [6, 6.07) is 3.23. The summed E-state index contributed by atoms with van der Waals surface area (Å²) in [5.41, 5.74) is 1.86. The number of rotatable bonds is 3. The van der Waals surface area contributed by atoms with E-state index >= 15 is 0 Å². The molecule has 0 radical (unpaired) electrons. The van der Waals surface area contributed by atoms with Crippen LogP contribution in [0.3, 0.4) is 0 Å². The molecular formula is C16H27NO. The SMILES string of the molecule is Cc1cc(C(C)NC2CCC(C)(C)CC2)c(C)o1.